The summed E-state index contributed by atoms with van der Waals surface area (Å²) in [5, 5.41) is 0. The minimum Gasteiger partial charge on any atom is -0.342 e. The van der Waals surface area contributed by atoms with Gasteiger partial charge in [-0.25, -0.2) is 0 Å². The van der Waals surface area contributed by atoms with Crippen molar-refractivity contribution < 1.29 is 31.5 Å². The minimum absolute atomic E-state index is 0. The first-order valence-electron chi connectivity index (χ1n) is 9.93. The van der Waals surface area contributed by atoms with Gasteiger partial charge < -0.3 is 14.7 Å². The van der Waals surface area contributed by atoms with Gasteiger partial charge in [-0.3, -0.25) is 19.3 Å². The van der Waals surface area contributed by atoms with E-state index < -0.39 is 0 Å². The van der Waals surface area contributed by atoms with Gasteiger partial charge >= 0.3 is 17.1 Å². The fraction of sp³-hybridized carbons (Fsp3) is 0.409. The van der Waals surface area contributed by atoms with Crippen LogP contribution in [0.4, 0.5) is 0 Å². The van der Waals surface area contributed by atoms with E-state index in [1.807, 2.05) is 44.9 Å². The quantitative estimate of drug-likeness (QED) is 0.437. The van der Waals surface area contributed by atoms with Crippen LogP contribution in [0.25, 0.3) is 0 Å². The molecular weight excluding hydrogens is 424 g/mol. The molecule has 0 aromatic rings. The number of carbonyl (C=O) groups excluding carboxylic acids is 3. The number of amides is 3. The molecule has 3 amide bonds. The molecule has 1 saturated heterocycles. The van der Waals surface area contributed by atoms with Crippen molar-refractivity contribution in [3.8, 4) is 0 Å². The molecule has 2 saturated carbocycles. The molecule has 0 spiro atoms. The molecule has 10 radical (unpaired) electrons. The van der Waals surface area contributed by atoms with Crippen LogP contribution < -0.4 is 0 Å². The van der Waals surface area contributed by atoms with Gasteiger partial charge in [0.25, 0.3) is 0 Å². The number of hydrogen-bond acceptors (Lipinski definition) is 4. The molecule has 3 rings (SSSR count). The molecule has 162 valence electrons. The third-order valence-electron chi connectivity index (χ3n) is 4.90. The maximum absolute atomic E-state index is 11.2. The fourth-order valence-electron chi connectivity index (χ4n) is 3.07. The van der Waals surface area contributed by atoms with Crippen LogP contribution in [-0.2, 0) is 31.5 Å². The van der Waals surface area contributed by atoms with Crippen molar-refractivity contribution in [3.05, 3.63) is 63.7 Å². The Labute approximate surface area is 193 Å². The molecule has 30 heavy (non-hydrogen) atoms. The zero-order chi connectivity index (χ0) is 20.7. The van der Waals surface area contributed by atoms with E-state index in [1.165, 1.54) is 5.92 Å². The van der Waals surface area contributed by atoms with Crippen molar-refractivity contribution in [2.45, 2.75) is 0 Å². The molecule has 0 bridgehead atoms. The molecular formula is C22H30FeN4O3+2. The molecule has 1 aliphatic heterocycles. The van der Waals surface area contributed by atoms with E-state index >= 15 is 0 Å². The minimum atomic E-state index is 0. The van der Waals surface area contributed by atoms with Crippen LogP contribution in [0.3, 0.4) is 0 Å². The van der Waals surface area contributed by atoms with E-state index in [0.29, 0.717) is 39.3 Å². The van der Waals surface area contributed by atoms with Gasteiger partial charge in [0.1, 0.15) is 0 Å². The van der Waals surface area contributed by atoms with Gasteiger partial charge in [-0.2, -0.15) is 0 Å². The Morgan fingerprint density at radius 3 is 1.23 bits per heavy atom. The van der Waals surface area contributed by atoms with Crippen molar-refractivity contribution in [2.75, 3.05) is 58.9 Å². The Morgan fingerprint density at radius 1 is 0.567 bits per heavy atom. The summed E-state index contributed by atoms with van der Waals surface area (Å²) in [6, 6.07) is 0. The second-order valence-corrected chi connectivity index (χ2v) is 6.96. The molecule has 7 nitrogen and oxygen atoms in total. The Morgan fingerprint density at radius 2 is 0.900 bits per heavy atom. The van der Waals surface area contributed by atoms with E-state index in [2.05, 4.69) is 17.7 Å². The van der Waals surface area contributed by atoms with Crippen LogP contribution >= 0.6 is 0 Å². The summed E-state index contributed by atoms with van der Waals surface area (Å²) in [4.78, 5) is 40.8. The SMILES string of the molecule is O=CN1CCN(C=O)CCN(C[C]2[CH][CH][CH][CH]2)CCN(C=O)CC1.[CH]1[CH][CH][CH][CH]1.[Fe+2]. The summed E-state index contributed by atoms with van der Waals surface area (Å²) in [6.45, 7) is 5.47. The summed E-state index contributed by atoms with van der Waals surface area (Å²) in [5.74, 6) is 1.23. The second-order valence-electron chi connectivity index (χ2n) is 6.96. The molecule has 0 N–H and O–H groups in total. The zero-order valence-electron chi connectivity index (χ0n) is 17.2. The first kappa shape index (κ1) is 26.9. The normalized spacial score (nSPS) is 22.2. The van der Waals surface area contributed by atoms with Crippen molar-refractivity contribution in [1.29, 1.82) is 0 Å². The summed E-state index contributed by atoms with van der Waals surface area (Å²) < 4.78 is 0. The van der Waals surface area contributed by atoms with Crippen molar-refractivity contribution in [3.63, 3.8) is 0 Å². The second kappa shape index (κ2) is 16.6. The summed E-state index contributed by atoms with van der Waals surface area (Å²) in [5.41, 5.74) is 0. The van der Waals surface area contributed by atoms with Crippen LogP contribution in [-0.4, -0.2) is 97.7 Å². The molecule has 0 aromatic heterocycles. The number of rotatable bonds is 5. The molecule has 2 aliphatic carbocycles. The van der Waals surface area contributed by atoms with Gasteiger partial charge in [-0.05, 0) is 63.7 Å². The van der Waals surface area contributed by atoms with E-state index in [-0.39, 0.29) is 17.1 Å². The number of carbonyl (C=O) groups is 3. The molecule has 0 aromatic carbocycles. The van der Waals surface area contributed by atoms with Gasteiger partial charge in [0.05, 0.1) is 0 Å². The molecule has 8 heteroatoms. The maximum atomic E-state index is 11.2. The van der Waals surface area contributed by atoms with E-state index in [1.54, 1.807) is 14.7 Å². The van der Waals surface area contributed by atoms with Gasteiger partial charge in [-0.15, -0.1) is 0 Å². The standard InChI is InChI=1S/C17H25N4O3.C5H5.Fe/c22-14-19-7-5-18(13-17-3-1-2-4-17)6-8-20(15-23)10-12-21(16-24)11-9-19;1-2-4-5-3-1;/h1-4,14-16H,5-13H2;1-5H;/q;;+2. The fourth-order valence-corrected chi connectivity index (χ4v) is 3.07. The Balaban J connectivity index is 0.000000655. The van der Waals surface area contributed by atoms with Gasteiger partial charge in [0.15, 0.2) is 0 Å². The van der Waals surface area contributed by atoms with Crippen LogP contribution in [0.1, 0.15) is 0 Å². The number of hydrogen-bond donors (Lipinski definition) is 0. The average molecular weight is 454 g/mol. The van der Waals surface area contributed by atoms with Crippen molar-refractivity contribution in [1.82, 2.24) is 19.6 Å². The monoisotopic (exact) mass is 454 g/mol. The van der Waals surface area contributed by atoms with E-state index in [4.69, 9.17) is 0 Å². The number of nitrogens with zero attached hydrogens (tertiary/aromatic N) is 4. The van der Waals surface area contributed by atoms with Crippen LogP contribution in [0, 0.1) is 63.7 Å². The Kier molecular flexibility index (Phi) is 14.9. The van der Waals surface area contributed by atoms with Gasteiger partial charge in [-0.1, -0.05) is 0 Å². The van der Waals surface area contributed by atoms with Gasteiger partial charge in [0.2, 0.25) is 19.2 Å². The van der Waals surface area contributed by atoms with E-state index in [9.17, 15) is 14.4 Å². The first-order chi connectivity index (χ1) is 14.2. The predicted molar refractivity (Wildman–Crippen MR) is 111 cm³/mol. The predicted octanol–water partition coefficient (Wildman–Crippen LogP) is 0.101. The summed E-state index contributed by atoms with van der Waals surface area (Å²) >= 11 is 0. The topological polar surface area (TPSA) is 64.2 Å². The van der Waals surface area contributed by atoms with E-state index in [0.717, 1.165) is 38.9 Å². The Hall–Kier alpha value is -1.11. The first-order valence-corrected chi connectivity index (χ1v) is 9.93. The zero-order valence-corrected chi connectivity index (χ0v) is 18.3. The Bertz CT molecular complexity index is 442. The molecule has 0 unspecified atom stereocenters. The molecule has 0 atom stereocenters. The van der Waals surface area contributed by atoms with Crippen LogP contribution in [0.15, 0.2) is 0 Å². The smallest absolute Gasteiger partial charge is 0.342 e. The molecule has 3 aliphatic rings. The third-order valence-corrected chi connectivity index (χ3v) is 4.90. The molecule has 3 fully saturated rings. The van der Waals surface area contributed by atoms with Crippen LogP contribution in [0.5, 0.6) is 0 Å². The molecule has 1 heterocycles. The third kappa shape index (κ3) is 10.8. The van der Waals surface area contributed by atoms with Crippen LogP contribution in [0.2, 0.25) is 0 Å². The average Bonchev–Trinajstić information content (AvgIpc) is 3.47. The van der Waals surface area contributed by atoms with Crippen molar-refractivity contribution in [2.24, 2.45) is 0 Å². The largest absolute Gasteiger partial charge is 2.00 e. The maximum Gasteiger partial charge on any atom is 2.00 e. The summed E-state index contributed by atoms with van der Waals surface area (Å²) in [6.07, 6.45) is 20.6. The van der Waals surface area contributed by atoms with Gasteiger partial charge in [0, 0.05) is 58.9 Å². The summed E-state index contributed by atoms with van der Waals surface area (Å²) in [7, 11) is 0. The van der Waals surface area contributed by atoms with Crippen molar-refractivity contribution >= 4 is 19.2 Å².